The molecule has 1 saturated heterocycles. The topological polar surface area (TPSA) is 103 Å². The van der Waals surface area contributed by atoms with Gasteiger partial charge in [0.25, 0.3) is 5.91 Å². The Bertz CT molecular complexity index is 1400. The summed E-state index contributed by atoms with van der Waals surface area (Å²) in [5.41, 5.74) is 3.47. The van der Waals surface area contributed by atoms with Crippen molar-refractivity contribution in [2.75, 3.05) is 19.7 Å². The SMILES string of the molecule is CCOC(=O)C1CCCN(C(=O)c2csc(CSc3nnc(-c4ccncc4)n3-c3ccc(C)cc3)n2)C1. The van der Waals surface area contributed by atoms with Crippen molar-refractivity contribution in [1.82, 2.24) is 29.6 Å². The minimum absolute atomic E-state index is 0.144. The maximum atomic E-state index is 13.1. The van der Waals surface area contributed by atoms with Gasteiger partial charge in [-0.2, -0.15) is 0 Å². The fraction of sp³-hybridized carbons (Fsp3) is 0.333. The van der Waals surface area contributed by atoms with Gasteiger partial charge >= 0.3 is 5.97 Å². The number of rotatable bonds is 8. The van der Waals surface area contributed by atoms with Crippen molar-refractivity contribution in [3.8, 4) is 17.1 Å². The average Bonchev–Trinajstić information content (AvgIpc) is 3.60. The summed E-state index contributed by atoms with van der Waals surface area (Å²) in [7, 11) is 0. The molecule has 0 bridgehead atoms. The van der Waals surface area contributed by atoms with Crippen LogP contribution in [0.1, 0.15) is 40.8 Å². The second-order valence-corrected chi connectivity index (χ2v) is 10.9. The number of ether oxygens (including phenoxy) is 1. The molecule has 0 radical (unpaired) electrons. The first-order valence-electron chi connectivity index (χ1n) is 12.5. The van der Waals surface area contributed by atoms with E-state index in [4.69, 9.17) is 4.74 Å². The van der Waals surface area contributed by atoms with Crippen LogP contribution in [-0.2, 0) is 15.3 Å². The minimum Gasteiger partial charge on any atom is -0.466 e. The van der Waals surface area contributed by atoms with Crippen molar-refractivity contribution >= 4 is 35.0 Å². The normalized spacial score (nSPS) is 15.4. The lowest BCUT2D eigenvalue weighted by atomic mass is 9.98. The Morgan fingerprint density at radius 3 is 2.68 bits per heavy atom. The molecule has 0 spiro atoms. The molecule has 1 aliphatic rings. The van der Waals surface area contributed by atoms with Crippen molar-refractivity contribution in [1.29, 1.82) is 0 Å². The average molecular weight is 549 g/mol. The number of aromatic nitrogens is 5. The molecule has 1 fully saturated rings. The maximum absolute atomic E-state index is 13.1. The second kappa shape index (κ2) is 11.9. The summed E-state index contributed by atoms with van der Waals surface area (Å²) in [5, 5.41) is 12.3. The standard InChI is InChI=1S/C27H28N6O3S2/c1-3-36-26(35)20-5-4-14-32(15-20)25(34)22-16-37-23(29-22)17-38-27-31-30-24(19-10-12-28-13-11-19)33(27)21-8-6-18(2)7-9-21/h6-13,16,20H,3-5,14-15,17H2,1-2H3. The first-order valence-corrected chi connectivity index (χ1v) is 14.4. The molecule has 1 unspecified atom stereocenters. The van der Waals surface area contributed by atoms with Crippen LogP contribution in [0.5, 0.6) is 0 Å². The van der Waals surface area contributed by atoms with Gasteiger partial charge in [0.15, 0.2) is 11.0 Å². The van der Waals surface area contributed by atoms with Crippen molar-refractivity contribution in [3.63, 3.8) is 0 Å². The third-order valence-electron chi connectivity index (χ3n) is 6.29. The number of piperidine rings is 1. The lowest BCUT2D eigenvalue weighted by Gasteiger charge is -2.31. The molecule has 11 heteroatoms. The summed E-state index contributed by atoms with van der Waals surface area (Å²) in [5.74, 6) is 0.626. The number of nitrogens with zero attached hydrogens (tertiary/aromatic N) is 6. The molecule has 0 saturated carbocycles. The number of carbonyl (C=O) groups excluding carboxylic acids is 2. The van der Waals surface area contributed by atoms with E-state index in [9.17, 15) is 9.59 Å². The van der Waals surface area contributed by atoms with E-state index in [2.05, 4.69) is 51.4 Å². The van der Waals surface area contributed by atoms with Gasteiger partial charge < -0.3 is 9.64 Å². The summed E-state index contributed by atoms with van der Waals surface area (Å²) in [6.45, 7) is 5.18. The van der Waals surface area contributed by atoms with Crippen molar-refractivity contribution in [3.05, 3.63) is 70.4 Å². The van der Waals surface area contributed by atoms with Crippen molar-refractivity contribution < 1.29 is 14.3 Å². The molecule has 1 atom stereocenters. The van der Waals surface area contributed by atoms with Crippen LogP contribution in [0.4, 0.5) is 0 Å². The zero-order chi connectivity index (χ0) is 26.5. The number of likely N-dealkylation sites (tertiary alicyclic amines) is 1. The molecule has 5 rings (SSSR count). The maximum Gasteiger partial charge on any atom is 0.310 e. The van der Waals surface area contributed by atoms with Crippen molar-refractivity contribution in [2.45, 2.75) is 37.6 Å². The summed E-state index contributed by atoms with van der Waals surface area (Å²) < 4.78 is 7.19. The molecule has 1 aromatic carbocycles. The van der Waals surface area contributed by atoms with Crippen LogP contribution in [0.25, 0.3) is 17.1 Å². The number of esters is 1. The molecule has 1 amide bonds. The van der Waals surface area contributed by atoms with E-state index in [0.29, 0.717) is 31.1 Å². The predicted molar refractivity (Wildman–Crippen MR) is 146 cm³/mol. The minimum atomic E-state index is -0.274. The number of benzene rings is 1. The predicted octanol–water partition coefficient (Wildman–Crippen LogP) is 4.80. The number of thioether (sulfide) groups is 1. The highest BCUT2D eigenvalue weighted by atomic mass is 32.2. The van der Waals surface area contributed by atoms with Gasteiger partial charge in [-0.15, -0.1) is 21.5 Å². The fourth-order valence-corrected chi connectivity index (χ4v) is 6.09. The number of thiazole rings is 1. The Kier molecular flexibility index (Phi) is 8.14. The van der Waals surface area contributed by atoms with Gasteiger partial charge in [-0.25, -0.2) is 4.98 Å². The molecular weight excluding hydrogens is 520 g/mol. The van der Waals surface area contributed by atoms with E-state index in [-0.39, 0.29) is 17.8 Å². The van der Waals surface area contributed by atoms with Gasteiger partial charge in [-0.3, -0.25) is 19.1 Å². The van der Waals surface area contributed by atoms with Crippen LogP contribution in [0, 0.1) is 12.8 Å². The van der Waals surface area contributed by atoms with Crippen molar-refractivity contribution in [2.24, 2.45) is 5.92 Å². The van der Waals surface area contributed by atoms with Crippen LogP contribution in [-0.4, -0.2) is 61.2 Å². The largest absolute Gasteiger partial charge is 0.466 e. The molecule has 1 aliphatic heterocycles. The Morgan fingerprint density at radius 2 is 1.92 bits per heavy atom. The highest BCUT2D eigenvalue weighted by Gasteiger charge is 2.30. The number of aryl methyl sites for hydroxylation is 1. The van der Waals surface area contributed by atoms with E-state index in [1.54, 1.807) is 29.6 Å². The molecule has 38 heavy (non-hydrogen) atoms. The van der Waals surface area contributed by atoms with Gasteiger partial charge in [0.05, 0.1) is 18.3 Å². The Balaban J connectivity index is 1.31. The number of amides is 1. The van der Waals surface area contributed by atoms with E-state index in [1.165, 1.54) is 28.7 Å². The third-order valence-corrected chi connectivity index (χ3v) is 8.26. The van der Waals surface area contributed by atoms with Gasteiger partial charge in [-0.1, -0.05) is 29.5 Å². The van der Waals surface area contributed by atoms with Crippen LogP contribution in [0.3, 0.4) is 0 Å². The molecule has 0 N–H and O–H groups in total. The smallest absolute Gasteiger partial charge is 0.310 e. The Hall–Kier alpha value is -3.57. The van der Waals surface area contributed by atoms with E-state index in [1.807, 2.05) is 16.7 Å². The molecule has 4 aromatic rings. The number of pyridine rings is 1. The zero-order valence-electron chi connectivity index (χ0n) is 21.2. The zero-order valence-corrected chi connectivity index (χ0v) is 22.9. The van der Waals surface area contributed by atoms with Crippen LogP contribution < -0.4 is 0 Å². The van der Waals surface area contributed by atoms with Crippen LogP contribution >= 0.6 is 23.1 Å². The lowest BCUT2D eigenvalue weighted by Crippen LogP contribution is -2.43. The van der Waals surface area contributed by atoms with E-state index in [0.717, 1.165) is 40.1 Å². The summed E-state index contributed by atoms with van der Waals surface area (Å²) in [6.07, 6.45) is 4.99. The molecule has 3 aromatic heterocycles. The Morgan fingerprint density at radius 1 is 1.13 bits per heavy atom. The number of carbonyl (C=O) groups is 2. The van der Waals surface area contributed by atoms with Crippen LogP contribution in [0.15, 0.2) is 59.3 Å². The van der Waals surface area contributed by atoms with E-state index >= 15 is 0 Å². The monoisotopic (exact) mass is 548 g/mol. The third kappa shape index (κ3) is 5.78. The Labute approximate surface area is 229 Å². The second-order valence-electron chi connectivity index (χ2n) is 8.97. The van der Waals surface area contributed by atoms with Crippen LogP contribution in [0.2, 0.25) is 0 Å². The molecule has 9 nitrogen and oxygen atoms in total. The van der Waals surface area contributed by atoms with Gasteiger partial charge in [0.1, 0.15) is 10.7 Å². The van der Waals surface area contributed by atoms with Gasteiger partial charge in [0, 0.05) is 42.1 Å². The molecule has 196 valence electrons. The number of hydrogen-bond donors (Lipinski definition) is 0. The molecule has 0 aliphatic carbocycles. The first kappa shape index (κ1) is 26.1. The molecular formula is C27H28N6O3S2. The van der Waals surface area contributed by atoms with Gasteiger partial charge in [0.2, 0.25) is 0 Å². The summed E-state index contributed by atoms with van der Waals surface area (Å²) in [6, 6.07) is 12.0. The lowest BCUT2D eigenvalue weighted by molar-refractivity contribution is -0.149. The fourth-order valence-electron chi connectivity index (χ4n) is 4.36. The number of hydrogen-bond acceptors (Lipinski definition) is 9. The summed E-state index contributed by atoms with van der Waals surface area (Å²) in [4.78, 5) is 35.7. The van der Waals surface area contributed by atoms with Gasteiger partial charge in [-0.05, 0) is 51.0 Å². The quantitative estimate of drug-likeness (QED) is 0.229. The highest BCUT2D eigenvalue weighted by Crippen LogP contribution is 2.31. The highest BCUT2D eigenvalue weighted by molar-refractivity contribution is 7.98. The van der Waals surface area contributed by atoms with E-state index < -0.39 is 0 Å². The first-order chi connectivity index (χ1) is 18.5. The molecule has 4 heterocycles. The summed E-state index contributed by atoms with van der Waals surface area (Å²) >= 11 is 2.97.